The Morgan fingerprint density at radius 3 is 2.18 bits per heavy atom. The smallest absolute Gasteiger partial charge is 0.323 e. The molecule has 6 heteroatoms. The molecule has 1 saturated carbocycles. The van der Waals surface area contributed by atoms with Crippen LogP contribution in [-0.4, -0.2) is 39.2 Å². The van der Waals surface area contributed by atoms with Crippen LogP contribution in [0.2, 0.25) is 0 Å². The van der Waals surface area contributed by atoms with E-state index >= 15 is 0 Å². The number of methoxy groups -OCH3 is 3. The van der Waals surface area contributed by atoms with Gasteiger partial charge in [0, 0.05) is 5.92 Å². The van der Waals surface area contributed by atoms with E-state index in [0.29, 0.717) is 6.42 Å². The zero-order valence-electron chi connectivity index (χ0n) is 13.0. The summed E-state index contributed by atoms with van der Waals surface area (Å²) in [7, 11) is 3.78. The van der Waals surface area contributed by atoms with Crippen molar-refractivity contribution < 1.29 is 28.6 Å². The molecule has 0 aromatic carbocycles. The first kappa shape index (κ1) is 16.3. The fraction of sp³-hybridized carbons (Fsp3) is 0.562. The minimum Gasteiger partial charge on any atom is -0.469 e. The predicted octanol–water partition coefficient (Wildman–Crippen LogP) is 1.26. The molecule has 0 heterocycles. The Hall–Kier alpha value is -2.11. The van der Waals surface area contributed by atoms with E-state index in [9.17, 15) is 14.4 Å². The first-order valence-electron chi connectivity index (χ1n) is 7.03. The van der Waals surface area contributed by atoms with E-state index in [0.717, 1.165) is 5.57 Å². The maximum Gasteiger partial charge on any atom is 0.323 e. The van der Waals surface area contributed by atoms with Crippen LogP contribution in [0.1, 0.15) is 12.8 Å². The maximum absolute atomic E-state index is 12.4. The summed E-state index contributed by atoms with van der Waals surface area (Å²) in [6.07, 6.45) is 4.06. The van der Waals surface area contributed by atoms with Gasteiger partial charge in [-0.2, -0.15) is 0 Å². The topological polar surface area (TPSA) is 78.9 Å². The number of esters is 3. The number of carbonyl (C=O) groups is 3. The second-order valence-corrected chi connectivity index (χ2v) is 5.67. The monoisotopic (exact) mass is 308 g/mol. The molecule has 0 radical (unpaired) electrons. The van der Waals surface area contributed by atoms with Crippen molar-refractivity contribution in [1.29, 1.82) is 0 Å². The summed E-state index contributed by atoms with van der Waals surface area (Å²) in [6.45, 7) is 3.97. The van der Waals surface area contributed by atoms with E-state index < -0.39 is 35.2 Å². The molecule has 2 rings (SSSR count). The molecule has 0 aliphatic heterocycles. The van der Waals surface area contributed by atoms with Gasteiger partial charge in [0.05, 0.1) is 27.2 Å². The molecule has 1 fully saturated rings. The summed E-state index contributed by atoms with van der Waals surface area (Å²) < 4.78 is 14.5. The van der Waals surface area contributed by atoms with Gasteiger partial charge in [0.2, 0.25) is 0 Å². The highest BCUT2D eigenvalue weighted by atomic mass is 16.5. The summed E-state index contributed by atoms with van der Waals surface area (Å²) in [5.41, 5.74) is -0.678. The zero-order valence-corrected chi connectivity index (χ0v) is 13.0. The van der Waals surface area contributed by atoms with Gasteiger partial charge in [-0.05, 0) is 18.8 Å². The molecular formula is C16H20O6. The number of ether oxygens (including phenoxy) is 3. The van der Waals surface area contributed by atoms with E-state index in [1.54, 1.807) is 6.08 Å². The highest BCUT2D eigenvalue weighted by molar-refractivity contribution is 6.01. The van der Waals surface area contributed by atoms with Gasteiger partial charge < -0.3 is 14.2 Å². The van der Waals surface area contributed by atoms with Crippen molar-refractivity contribution in [2.45, 2.75) is 12.8 Å². The highest BCUT2D eigenvalue weighted by Gasteiger charge is 2.62. The van der Waals surface area contributed by atoms with Gasteiger partial charge in [0.25, 0.3) is 0 Å². The van der Waals surface area contributed by atoms with E-state index in [2.05, 4.69) is 6.58 Å². The van der Waals surface area contributed by atoms with Crippen LogP contribution in [0.5, 0.6) is 0 Å². The molecule has 0 unspecified atom stereocenters. The van der Waals surface area contributed by atoms with Crippen LogP contribution < -0.4 is 0 Å². The molecule has 3 atom stereocenters. The summed E-state index contributed by atoms with van der Waals surface area (Å²) >= 11 is 0. The van der Waals surface area contributed by atoms with Crippen LogP contribution in [0.3, 0.4) is 0 Å². The number of hydrogen-bond donors (Lipinski definition) is 0. The van der Waals surface area contributed by atoms with Gasteiger partial charge in [-0.25, -0.2) is 0 Å². The SMILES string of the molecule is C=C1CC(C(=O)OC)(C(=O)OC)[C@H]2C[C@@H](C(=O)OC)C=C[C@@H]12. The van der Waals surface area contributed by atoms with Gasteiger partial charge in [0.1, 0.15) is 0 Å². The summed E-state index contributed by atoms with van der Waals surface area (Å²) in [6, 6.07) is 0. The molecule has 0 amide bonds. The Kier molecular flexibility index (Phi) is 4.39. The van der Waals surface area contributed by atoms with E-state index in [1.807, 2.05) is 6.08 Å². The third-order valence-corrected chi connectivity index (χ3v) is 4.71. The average Bonchev–Trinajstić information content (AvgIpc) is 2.85. The quantitative estimate of drug-likeness (QED) is 0.338. The van der Waals surface area contributed by atoms with Crippen LogP contribution in [0.15, 0.2) is 24.3 Å². The maximum atomic E-state index is 12.4. The minimum atomic E-state index is -1.44. The summed E-state index contributed by atoms with van der Waals surface area (Å²) in [5, 5.41) is 0. The predicted molar refractivity (Wildman–Crippen MR) is 76.5 cm³/mol. The molecule has 0 aromatic rings. The third-order valence-electron chi connectivity index (χ3n) is 4.71. The lowest BCUT2D eigenvalue weighted by Gasteiger charge is -2.34. The van der Waals surface area contributed by atoms with E-state index in [-0.39, 0.29) is 12.3 Å². The van der Waals surface area contributed by atoms with Crippen molar-refractivity contribution in [3.63, 3.8) is 0 Å². The molecule has 22 heavy (non-hydrogen) atoms. The Morgan fingerprint density at radius 1 is 1.09 bits per heavy atom. The first-order valence-corrected chi connectivity index (χ1v) is 7.03. The largest absolute Gasteiger partial charge is 0.469 e. The van der Waals surface area contributed by atoms with Crippen molar-refractivity contribution in [2.75, 3.05) is 21.3 Å². The van der Waals surface area contributed by atoms with Gasteiger partial charge in [-0.15, -0.1) is 0 Å². The molecule has 6 nitrogen and oxygen atoms in total. The Bertz CT molecular complexity index is 531. The van der Waals surface area contributed by atoms with Crippen molar-refractivity contribution in [1.82, 2.24) is 0 Å². The van der Waals surface area contributed by atoms with Crippen LogP contribution >= 0.6 is 0 Å². The lowest BCUT2D eigenvalue weighted by atomic mass is 9.68. The number of fused-ring (bicyclic) bond motifs is 1. The zero-order chi connectivity index (χ0) is 16.5. The van der Waals surface area contributed by atoms with Crippen molar-refractivity contribution in [3.8, 4) is 0 Å². The van der Waals surface area contributed by atoms with Crippen LogP contribution in [0, 0.1) is 23.2 Å². The van der Waals surface area contributed by atoms with Gasteiger partial charge in [-0.3, -0.25) is 14.4 Å². The minimum absolute atomic E-state index is 0.154. The Labute approximate surface area is 129 Å². The van der Waals surface area contributed by atoms with Gasteiger partial charge in [0.15, 0.2) is 5.41 Å². The molecule has 2 aliphatic carbocycles. The second kappa shape index (κ2) is 5.94. The van der Waals surface area contributed by atoms with Crippen molar-refractivity contribution in [3.05, 3.63) is 24.3 Å². The standard InChI is InChI=1S/C16H20O6/c1-9-8-16(14(18)21-3,15(19)22-4)12-7-10(13(17)20-2)5-6-11(9)12/h5-6,10-12H,1,7-8H2,2-4H3/t10-,11-,12-/m0/s1. The fourth-order valence-corrected chi connectivity index (χ4v) is 3.64. The van der Waals surface area contributed by atoms with Crippen molar-refractivity contribution in [2.24, 2.45) is 23.2 Å². The fourth-order valence-electron chi connectivity index (χ4n) is 3.64. The van der Waals surface area contributed by atoms with Gasteiger partial charge >= 0.3 is 17.9 Å². The average molecular weight is 308 g/mol. The molecule has 0 saturated heterocycles. The van der Waals surface area contributed by atoms with E-state index in [4.69, 9.17) is 14.2 Å². The lowest BCUT2D eigenvalue weighted by molar-refractivity contribution is -0.174. The van der Waals surface area contributed by atoms with Crippen LogP contribution in [0.4, 0.5) is 0 Å². The van der Waals surface area contributed by atoms with Crippen LogP contribution in [0.25, 0.3) is 0 Å². The number of rotatable bonds is 3. The van der Waals surface area contributed by atoms with Crippen LogP contribution in [-0.2, 0) is 28.6 Å². The molecule has 0 N–H and O–H groups in total. The molecular weight excluding hydrogens is 288 g/mol. The van der Waals surface area contributed by atoms with Crippen molar-refractivity contribution >= 4 is 17.9 Å². The molecule has 0 aromatic heterocycles. The highest BCUT2D eigenvalue weighted by Crippen LogP contribution is 2.55. The lowest BCUT2D eigenvalue weighted by Crippen LogP contribution is -2.46. The summed E-state index contributed by atoms with van der Waals surface area (Å²) in [5.74, 6) is -2.76. The first-order chi connectivity index (χ1) is 10.4. The normalized spacial score (nSPS) is 28.7. The van der Waals surface area contributed by atoms with E-state index in [1.165, 1.54) is 21.3 Å². The number of carbonyl (C=O) groups excluding carboxylic acids is 3. The van der Waals surface area contributed by atoms with Gasteiger partial charge in [-0.1, -0.05) is 24.3 Å². The molecule has 120 valence electrons. The number of allylic oxidation sites excluding steroid dienone is 2. The molecule has 0 spiro atoms. The number of hydrogen-bond acceptors (Lipinski definition) is 6. The summed E-state index contributed by atoms with van der Waals surface area (Å²) in [4.78, 5) is 36.6. The molecule has 2 aliphatic rings. The Balaban J connectivity index is 2.46. The molecule has 0 bridgehead atoms. The third kappa shape index (κ3) is 2.23. The Morgan fingerprint density at radius 2 is 1.68 bits per heavy atom. The second-order valence-electron chi connectivity index (χ2n) is 5.67.